The maximum Gasteiger partial charge on any atom is 0.253 e. The van der Waals surface area contributed by atoms with Crippen molar-refractivity contribution in [3.8, 4) is 0 Å². The molecule has 3 aliphatic rings. The van der Waals surface area contributed by atoms with Gasteiger partial charge in [0, 0.05) is 15.5 Å². The Balaban J connectivity index is 1.61. The quantitative estimate of drug-likeness (QED) is 0.626. The zero-order valence-corrected chi connectivity index (χ0v) is 16.3. The van der Waals surface area contributed by atoms with E-state index in [9.17, 15) is 4.79 Å². The van der Waals surface area contributed by atoms with Crippen molar-refractivity contribution in [2.45, 2.75) is 52.4 Å². The van der Waals surface area contributed by atoms with Crippen LogP contribution in [0.4, 0.5) is 5.69 Å². The van der Waals surface area contributed by atoms with Gasteiger partial charge in [-0.3, -0.25) is 4.79 Å². The average molecular weight is 379 g/mol. The Morgan fingerprint density at radius 3 is 2.28 bits per heavy atom. The van der Waals surface area contributed by atoms with Gasteiger partial charge < -0.3 is 0 Å². The molecule has 0 spiro atoms. The molecule has 5 heteroatoms. The second-order valence-electron chi connectivity index (χ2n) is 8.57. The van der Waals surface area contributed by atoms with E-state index in [2.05, 4.69) is 13.8 Å². The van der Waals surface area contributed by atoms with Crippen molar-refractivity contribution in [1.82, 2.24) is 0 Å². The predicted molar refractivity (Wildman–Crippen MR) is 103 cm³/mol. The summed E-state index contributed by atoms with van der Waals surface area (Å²) in [6, 6.07) is 5.16. The lowest BCUT2D eigenvalue weighted by atomic mass is 9.58. The van der Waals surface area contributed by atoms with E-state index in [0.717, 1.165) is 36.3 Å². The lowest BCUT2D eigenvalue weighted by Crippen LogP contribution is -2.40. The summed E-state index contributed by atoms with van der Waals surface area (Å²) in [6.07, 6.45) is 6.72. The first-order valence-electron chi connectivity index (χ1n) is 9.19. The van der Waals surface area contributed by atoms with Crippen molar-refractivity contribution >= 4 is 40.5 Å². The number of amides is 1. The van der Waals surface area contributed by atoms with Gasteiger partial charge in [-0.15, -0.1) is 0 Å². The molecule has 1 heterocycles. The molecule has 0 radical (unpaired) electrons. The minimum Gasteiger partial charge on any atom is -0.272 e. The highest BCUT2D eigenvalue weighted by Crippen LogP contribution is 2.52. The minimum absolute atomic E-state index is 0.0126. The maximum absolute atomic E-state index is 12.6. The van der Waals surface area contributed by atoms with Crippen LogP contribution in [0.5, 0.6) is 0 Å². The van der Waals surface area contributed by atoms with E-state index in [1.54, 1.807) is 18.2 Å². The number of anilines is 1. The van der Waals surface area contributed by atoms with Crippen LogP contribution in [0.3, 0.4) is 0 Å². The summed E-state index contributed by atoms with van der Waals surface area (Å²) in [5.41, 5.74) is 1.74. The molecule has 0 N–H and O–H groups in total. The van der Waals surface area contributed by atoms with Crippen LogP contribution in [0.1, 0.15) is 52.4 Å². The number of hydrazone groups is 1. The largest absolute Gasteiger partial charge is 0.272 e. The van der Waals surface area contributed by atoms with Gasteiger partial charge in [0.25, 0.3) is 5.91 Å². The number of fused-ring (bicyclic) bond motifs is 2. The number of benzene rings is 1. The van der Waals surface area contributed by atoms with Crippen LogP contribution >= 0.6 is 23.2 Å². The number of hydrogen-bond donors (Lipinski definition) is 0. The Bertz CT molecular complexity index is 707. The average Bonchev–Trinajstić information content (AvgIpc) is 2.87. The molecule has 2 fully saturated rings. The fourth-order valence-corrected chi connectivity index (χ4v) is 5.97. The van der Waals surface area contributed by atoms with Crippen molar-refractivity contribution in [1.29, 1.82) is 0 Å². The molecule has 0 saturated heterocycles. The molecule has 1 aromatic carbocycles. The number of carbonyl (C=O) groups is 1. The molecule has 2 aliphatic carbocycles. The SMILES string of the molecule is CC1CC2CC(C1)CC(C)(C1=NN(c3cc(Cl)cc(Cl)c3)C(=O)C1)C2. The van der Waals surface area contributed by atoms with E-state index in [4.69, 9.17) is 28.3 Å². The second-order valence-corrected chi connectivity index (χ2v) is 9.44. The highest BCUT2D eigenvalue weighted by Gasteiger charge is 2.46. The van der Waals surface area contributed by atoms with Crippen LogP contribution in [0, 0.1) is 23.2 Å². The fourth-order valence-electron chi connectivity index (χ4n) is 5.45. The van der Waals surface area contributed by atoms with Gasteiger partial charge in [-0.1, -0.05) is 37.0 Å². The van der Waals surface area contributed by atoms with Gasteiger partial charge in [0.1, 0.15) is 0 Å². The van der Waals surface area contributed by atoms with E-state index in [1.807, 2.05) is 0 Å². The molecular formula is C20H24Cl2N2O. The van der Waals surface area contributed by atoms with Gasteiger partial charge in [0.05, 0.1) is 17.8 Å². The summed E-state index contributed by atoms with van der Waals surface area (Å²) in [5, 5.41) is 7.28. The van der Waals surface area contributed by atoms with E-state index >= 15 is 0 Å². The van der Waals surface area contributed by atoms with Crippen LogP contribution in [0.15, 0.2) is 23.3 Å². The molecule has 2 bridgehead atoms. The van der Waals surface area contributed by atoms with E-state index in [1.165, 1.54) is 24.3 Å². The molecule has 2 unspecified atom stereocenters. The number of rotatable bonds is 2. The zero-order chi connectivity index (χ0) is 17.8. The van der Waals surface area contributed by atoms with Crippen LogP contribution < -0.4 is 5.01 Å². The Kier molecular flexibility index (Phi) is 4.36. The molecule has 1 amide bonds. The highest BCUT2D eigenvalue weighted by atomic mass is 35.5. The maximum atomic E-state index is 12.6. The van der Waals surface area contributed by atoms with Gasteiger partial charge in [0.15, 0.2) is 0 Å². The summed E-state index contributed by atoms with van der Waals surface area (Å²) in [5.74, 6) is 2.41. The minimum atomic E-state index is 0.0126. The molecule has 3 nitrogen and oxygen atoms in total. The van der Waals surface area contributed by atoms with Crippen LogP contribution in [-0.2, 0) is 4.79 Å². The zero-order valence-electron chi connectivity index (χ0n) is 14.8. The molecule has 134 valence electrons. The molecule has 25 heavy (non-hydrogen) atoms. The Morgan fingerprint density at radius 1 is 1.08 bits per heavy atom. The first-order valence-corrected chi connectivity index (χ1v) is 9.95. The number of halogens is 2. The third-order valence-electron chi connectivity index (χ3n) is 6.18. The molecular weight excluding hydrogens is 355 g/mol. The van der Waals surface area contributed by atoms with Crippen LogP contribution in [0.25, 0.3) is 0 Å². The first-order chi connectivity index (χ1) is 11.8. The molecule has 4 rings (SSSR count). The third-order valence-corrected chi connectivity index (χ3v) is 6.62. The summed E-state index contributed by atoms with van der Waals surface area (Å²) in [7, 11) is 0. The van der Waals surface area contributed by atoms with Gasteiger partial charge in [-0.2, -0.15) is 5.10 Å². The van der Waals surface area contributed by atoms with Crippen LogP contribution in [0.2, 0.25) is 10.0 Å². The Morgan fingerprint density at radius 2 is 1.68 bits per heavy atom. The fraction of sp³-hybridized carbons (Fsp3) is 0.600. The van der Waals surface area contributed by atoms with E-state index < -0.39 is 0 Å². The number of carbonyl (C=O) groups excluding carboxylic acids is 1. The summed E-state index contributed by atoms with van der Waals surface area (Å²) < 4.78 is 0. The molecule has 2 saturated carbocycles. The van der Waals surface area contributed by atoms with Crippen molar-refractivity contribution in [2.75, 3.05) is 5.01 Å². The first kappa shape index (κ1) is 17.4. The molecule has 1 aromatic rings. The Hall–Kier alpha value is -1.06. The van der Waals surface area contributed by atoms with Gasteiger partial charge in [0.2, 0.25) is 0 Å². The predicted octanol–water partition coefficient (Wildman–Crippen LogP) is 5.94. The van der Waals surface area contributed by atoms with Crippen molar-refractivity contribution in [3.05, 3.63) is 28.2 Å². The summed E-state index contributed by atoms with van der Waals surface area (Å²) in [4.78, 5) is 12.6. The molecule has 2 atom stereocenters. The number of hydrogen-bond acceptors (Lipinski definition) is 2. The lowest BCUT2D eigenvalue weighted by molar-refractivity contribution is -0.117. The summed E-state index contributed by atoms with van der Waals surface area (Å²) >= 11 is 12.2. The summed E-state index contributed by atoms with van der Waals surface area (Å²) in [6.45, 7) is 4.69. The monoisotopic (exact) mass is 378 g/mol. The van der Waals surface area contributed by atoms with Crippen molar-refractivity contribution in [2.24, 2.45) is 28.3 Å². The van der Waals surface area contributed by atoms with Gasteiger partial charge >= 0.3 is 0 Å². The smallest absolute Gasteiger partial charge is 0.253 e. The normalized spacial score (nSPS) is 35.0. The molecule has 1 aliphatic heterocycles. The molecule has 0 aromatic heterocycles. The second kappa shape index (κ2) is 6.28. The lowest BCUT2D eigenvalue weighted by Gasteiger charge is -2.47. The van der Waals surface area contributed by atoms with Gasteiger partial charge in [-0.05, 0) is 68.1 Å². The third kappa shape index (κ3) is 3.33. The Labute approximate surface area is 159 Å². The van der Waals surface area contributed by atoms with Crippen molar-refractivity contribution < 1.29 is 4.79 Å². The van der Waals surface area contributed by atoms with Crippen LogP contribution in [-0.4, -0.2) is 11.6 Å². The number of nitrogens with zero attached hydrogens (tertiary/aromatic N) is 2. The van der Waals surface area contributed by atoms with E-state index in [0.29, 0.717) is 22.2 Å². The van der Waals surface area contributed by atoms with Crippen molar-refractivity contribution in [3.63, 3.8) is 0 Å². The van der Waals surface area contributed by atoms with Gasteiger partial charge in [-0.25, -0.2) is 5.01 Å². The highest BCUT2D eigenvalue weighted by molar-refractivity contribution is 6.35. The standard InChI is InChI=1S/C20H24Cl2N2O/c1-12-3-13-5-14(4-12)11-20(2,10-13)18-9-19(25)24(23-18)17-7-15(21)6-16(22)8-17/h6-8,12-14H,3-5,9-11H2,1-2H3. The van der Waals surface area contributed by atoms with E-state index in [-0.39, 0.29) is 11.3 Å². The topological polar surface area (TPSA) is 32.7 Å².